The van der Waals surface area contributed by atoms with Crippen LogP contribution >= 0.6 is 11.8 Å². The Hall–Kier alpha value is -1.75. The van der Waals surface area contributed by atoms with Crippen LogP contribution in [0.15, 0.2) is 30.3 Å². The van der Waals surface area contributed by atoms with Crippen LogP contribution in [-0.4, -0.2) is 38.6 Å². The zero-order valence-corrected chi connectivity index (χ0v) is 15.4. The van der Waals surface area contributed by atoms with Crippen LogP contribution in [0.2, 0.25) is 0 Å². The zero-order valence-electron chi connectivity index (χ0n) is 14.6. The Balaban J connectivity index is 1.74. The zero-order chi connectivity index (χ0) is 17.1. The Labute approximate surface area is 148 Å². The number of H-pyrrole nitrogens is 1. The fourth-order valence-corrected chi connectivity index (χ4v) is 4.68. The maximum Gasteiger partial charge on any atom is 0.223 e. The lowest BCUT2D eigenvalue weighted by atomic mass is 10.0. The van der Waals surface area contributed by atoms with Crippen molar-refractivity contribution in [2.24, 2.45) is 0 Å². The number of carbonyl (C=O) groups is 1. The molecule has 2 atom stereocenters. The predicted octanol–water partition coefficient (Wildman–Crippen LogP) is 3.66. The standard InChI is InChI=1S/C19H25N3OS/c1-13-17(14(2)21-20-13)9-10-18(23)22-11-12-24-15(3)19(22)16-7-5-4-6-8-16/h4-8,15,19H,9-12H2,1-3H3,(H,20,21)/t15-,19+/m1/s1. The largest absolute Gasteiger partial charge is 0.334 e. The quantitative estimate of drug-likeness (QED) is 0.921. The van der Waals surface area contributed by atoms with Gasteiger partial charge in [-0.2, -0.15) is 16.9 Å². The first-order valence-corrected chi connectivity index (χ1v) is 9.59. The van der Waals surface area contributed by atoms with Crippen molar-refractivity contribution in [2.75, 3.05) is 12.3 Å². The molecule has 5 heteroatoms. The third-order valence-electron chi connectivity index (χ3n) is 4.82. The van der Waals surface area contributed by atoms with Crippen molar-refractivity contribution in [3.8, 4) is 0 Å². The molecule has 1 aromatic heterocycles. The van der Waals surface area contributed by atoms with Crippen molar-refractivity contribution in [1.82, 2.24) is 15.1 Å². The molecule has 1 aliphatic heterocycles. The van der Waals surface area contributed by atoms with Gasteiger partial charge in [-0.15, -0.1) is 0 Å². The summed E-state index contributed by atoms with van der Waals surface area (Å²) in [4.78, 5) is 15.0. The molecule has 1 N–H and O–H groups in total. The summed E-state index contributed by atoms with van der Waals surface area (Å²) in [5.41, 5.74) is 4.49. The molecule has 0 saturated carbocycles. The number of aromatic nitrogens is 2. The molecule has 0 bridgehead atoms. The fourth-order valence-electron chi connectivity index (χ4n) is 3.52. The first-order chi connectivity index (χ1) is 11.6. The minimum atomic E-state index is 0.170. The van der Waals surface area contributed by atoms with Crippen molar-refractivity contribution in [3.63, 3.8) is 0 Å². The normalized spacial score (nSPS) is 21.0. The molecule has 0 unspecified atom stereocenters. The molecule has 128 valence electrons. The third kappa shape index (κ3) is 3.51. The van der Waals surface area contributed by atoms with Gasteiger partial charge in [0, 0.05) is 29.7 Å². The number of aryl methyl sites for hydroxylation is 2. The van der Waals surface area contributed by atoms with Crippen LogP contribution in [0.3, 0.4) is 0 Å². The van der Waals surface area contributed by atoms with Crippen molar-refractivity contribution in [3.05, 3.63) is 52.8 Å². The first kappa shape index (κ1) is 17.1. The average molecular weight is 343 g/mol. The third-order valence-corrected chi connectivity index (χ3v) is 6.03. The molecule has 24 heavy (non-hydrogen) atoms. The van der Waals surface area contributed by atoms with Crippen LogP contribution in [0, 0.1) is 13.8 Å². The Morgan fingerprint density at radius 2 is 2.08 bits per heavy atom. The van der Waals surface area contributed by atoms with E-state index in [1.54, 1.807) is 0 Å². The lowest BCUT2D eigenvalue weighted by Gasteiger charge is -2.40. The number of benzene rings is 1. The van der Waals surface area contributed by atoms with E-state index in [1.807, 2.05) is 31.7 Å². The minimum absolute atomic E-state index is 0.170. The van der Waals surface area contributed by atoms with Gasteiger partial charge in [-0.05, 0) is 31.4 Å². The lowest BCUT2D eigenvalue weighted by molar-refractivity contribution is -0.133. The van der Waals surface area contributed by atoms with Crippen molar-refractivity contribution >= 4 is 17.7 Å². The number of amides is 1. The van der Waals surface area contributed by atoms with Crippen molar-refractivity contribution in [2.45, 2.75) is 44.9 Å². The SMILES string of the molecule is Cc1n[nH]c(C)c1CCC(=O)N1CCS[C@H](C)[C@H]1c1ccccc1. The molecule has 1 saturated heterocycles. The number of hydrogen-bond donors (Lipinski definition) is 1. The van der Waals surface area contributed by atoms with Gasteiger partial charge in [0.15, 0.2) is 0 Å². The number of nitrogens with zero attached hydrogens (tertiary/aromatic N) is 2. The second-order valence-electron chi connectivity index (χ2n) is 6.43. The van der Waals surface area contributed by atoms with E-state index in [9.17, 15) is 4.79 Å². The maximum absolute atomic E-state index is 12.9. The van der Waals surface area contributed by atoms with E-state index < -0.39 is 0 Å². The monoisotopic (exact) mass is 343 g/mol. The van der Waals surface area contributed by atoms with E-state index in [4.69, 9.17) is 0 Å². The van der Waals surface area contributed by atoms with E-state index >= 15 is 0 Å². The van der Waals surface area contributed by atoms with E-state index in [-0.39, 0.29) is 11.9 Å². The van der Waals surface area contributed by atoms with Gasteiger partial charge in [0.2, 0.25) is 5.91 Å². The van der Waals surface area contributed by atoms with Crippen molar-refractivity contribution in [1.29, 1.82) is 0 Å². The number of thioether (sulfide) groups is 1. The second kappa shape index (κ2) is 7.43. The number of rotatable bonds is 4. The minimum Gasteiger partial charge on any atom is -0.334 e. The molecule has 1 amide bonds. The fraction of sp³-hybridized carbons (Fsp3) is 0.474. The summed E-state index contributed by atoms with van der Waals surface area (Å²) in [5.74, 6) is 1.26. The van der Waals surface area contributed by atoms with E-state index in [0.29, 0.717) is 11.7 Å². The highest BCUT2D eigenvalue weighted by Gasteiger charge is 2.33. The van der Waals surface area contributed by atoms with Gasteiger partial charge in [-0.25, -0.2) is 0 Å². The van der Waals surface area contributed by atoms with Crippen LogP contribution in [0.5, 0.6) is 0 Å². The Morgan fingerprint density at radius 1 is 1.33 bits per heavy atom. The van der Waals surface area contributed by atoms with Gasteiger partial charge in [-0.1, -0.05) is 37.3 Å². The van der Waals surface area contributed by atoms with Gasteiger partial charge >= 0.3 is 0 Å². The topological polar surface area (TPSA) is 49.0 Å². The van der Waals surface area contributed by atoms with Gasteiger partial charge < -0.3 is 4.90 Å². The smallest absolute Gasteiger partial charge is 0.223 e. The summed E-state index contributed by atoms with van der Waals surface area (Å²) in [6.07, 6.45) is 1.30. The van der Waals surface area contributed by atoms with E-state index in [2.05, 4.69) is 46.3 Å². The Kier molecular flexibility index (Phi) is 5.29. The van der Waals surface area contributed by atoms with Crippen molar-refractivity contribution < 1.29 is 4.79 Å². The van der Waals surface area contributed by atoms with E-state index in [0.717, 1.165) is 30.1 Å². The molecule has 0 aliphatic carbocycles. The van der Waals surface area contributed by atoms with Crippen LogP contribution in [0.4, 0.5) is 0 Å². The molecule has 2 aromatic rings. The molecule has 1 fully saturated rings. The van der Waals surface area contributed by atoms with Crippen LogP contribution in [0.25, 0.3) is 0 Å². The lowest BCUT2D eigenvalue weighted by Crippen LogP contribution is -2.44. The number of carbonyl (C=O) groups excluding carboxylic acids is 1. The summed E-state index contributed by atoms with van der Waals surface area (Å²) >= 11 is 1.95. The predicted molar refractivity (Wildman–Crippen MR) is 99.2 cm³/mol. The van der Waals surface area contributed by atoms with Gasteiger partial charge in [0.05, 0.1) is 11.7 Å². The second-order valence-corrected chi connectivity index (χ2v) is 7.92. The number of aromatic amines is 1. The molecular formula is C19H25N3OS. The average Bonchev–Trinajstić information content (AvgIpc) is 2.91. The van der Waals surface area contributed by atoms with Crippen LogP contribution in [0.1, 0.15) is 41.9 Å². The molecule has 0 spiro atoms. The summed E-state index contributed by atoms with van der Waals surface area (Å²) in [6.45, 7) is 7.07. The van der Waals surface area contributed by atoms with Gasteiger partial charge in [-0.3, -0.25) is 9.89 Å². The summed E-state index contributed by atoms with van der Waals surface area (Å²) < 4.78 is 0. The summed E-state index contributed by atoms with van der Waals surface area (Å²) in [5, 5.41) is 7.65. The molecule has 1 aromatic carbocycles. The van der Waals surface area contributed by atoms with Crippen LogP contribution in [-0.2, 0) is 11.2 Å². The maximum atomic E-state index is 12.9. The van der Waals surface area contributed by atoms with Gasteiger partial charge in [0.25, 0.3) is 0 Å². The Morgan fingerprint density at radius 3 is 2.75 bits per heavy atom. The molecule has 1 aliphatic rings. The molecule has 4 nitrogen and oxygen atoms in total. The van der Waals surface area contributed by atoms with Gasteiger partial charge in [0.1, 0.15) is 0 Å². The molecular weight excluding hydrogens is 318 g/mol. The summed E-state index contributed by atoms with van der Waals surface area (Å²) in [6, 6.07) is 10.6. The number of hydrogen-bond acceptors (Lipinski definition) is 3. The van der Waals surface area contributed by atoms with Crippen LogP contribution < -0.4 is 0 Å². The molecule has 3 rings (SSSR count). The molecule has 2 heterocycles. The Bertz CT molecular complexity index is 678. The molecule has 0 radical (unpaired) electrons. The highest BCUT2D eigenvalue weighted by atomic mass is 32.2. The summed E-state index contributed by atoms with van der Waals surface area (Å²) in [7, 11) is 0. The van der Waals surface area contributed by atoms with E-state index in [1.165, 1.54) is 11.1 Å². The highest BCUT2D eigenvalue weighted by Crippen LogP contribution is 2.36. The highest BCUT2D eigenvalue weighted by molar-refractivity contribution is 8.00. The first-order valence-electron chi connectivity index (χ1n) is 8.54. The number of nitrogens with one attached hydrogen (secondary N) is 1.